The quantitative estimate of drug-likeness (QED) is 0.728. The third-order valence-corrected chi connectivity index (χ3v) is 4.30. The normalized spacial score (nSPS) is 18.3. The van der Waals surface area contributed by atoms with Gasteiger partial charge >= 0.3 is 5.63 Å². The van der Waals surface area contributed by atoms with Crippen LogP contribution < -0.4 is 15.1 Å². The molecule has 6 heteroatoms. The molecule has 0 amide bonds. The number of benzene rings is 1. The Morgan fingerprint density at radius 1 is 1.23 bits per heavy atom. The van der Waals surface area contributed by atoms with Crippen LogP contribution in [0.25, 0.3) is 0 Å². The first-order chi connectivity index (χ1) is 10.5. The zero-order valence-corrected chi connectivity index (χ0v) is 13.0. The SMILES string of the molecule is Cc1cc2c(c(=O)o1)C1C(=CO2)COc2c(Cl)cc(Cl)cc21. The van der Waals surface area contributed by atoms with Crippen molar-refractivity contribution < 1.29 is 13.9 Å². The summed E-state index contributed by atoms with van der Waals surface area (Å²) < 4.78 is 16.5. The molecule has 2 aromatic rings. The molecule has 1 aromatic heterocycles. The molecular weight excluding hydrogens is 327 g/mol. The molecule has 1 atom stereocenters. The Hall–Kier alpha value is -1.91. The summed E-state index contributed by atoms with van der Waals surface area (Å²) in [5, 5.41) is 0.907. The topological polar surface area (TPSA) is 48.7 Å². The zero-order chi connectivity index (χ0) is 15.4. The molecule has 2 aliphatic heterocycles. The van der Waals surface area contributed by atoms with E-state index in [0.29, 0.717) is 39.5 Å². The van der Waals surface area contributed by atoms with Crippen LogP contribution in [-0.2, 0) is 0 Å². The summed E-state index contributed by atoms with van der Waals surface area (Å²) in [6.45, 7) is 2.00. The third-order valence-electron chi connectivity index (χ3n) is 3.80. The highest BCUT2D eigenvalue weighted by molar-refractivity contribution is 6.35. The van der Waals surface area contributed by atoms with E-state index < -0.39 is 5.63 Å². The molecule has 0 aliphatic carbocycles. The van der Waals surface area contributed by atoms with Gasteiger partial charge in [0.1, 0.15) is 23.9 Å². The number of ether oxygens (including phenoxy) is 2. The molecule has 4 nitrogen and oxygen atoms in total. The summed E-state index contributed by atoms with van der Waals surface area (Å²) in [6.07, 6.45) is 1.61. The monoisotopic (exact) mass is 336 g/mol. The molecule has 112 valence electrons. The predicted octanol–water partition coefficient (Wildman–Crippen LogP) is 4.06. The van der Waals surface area contributed by atoms with Gasteiger partial charge in [0.15, 0.2) is 0 Å². The molecular formula is C16H10Cl2O4. The van der Waals surface area contributed by atoms with Crippen molar-refractivity contribution in [1.82, 2.24) is 0 Å². The molecule has 2 aliphatic rings. The predicted molar refractivity (Wildman–Crippen MR) is 82.2 cm³/mol. The van der Waals surface area contributed by atoms with Crippen molar-refractivity contribution in [3.05, 3.63) is 67.4 Å². The van der Waals surface area contributed by atoms with Crippen molar-refractivity contribution in [2.45, 2.75) is 12.8 Å². The number of aryl methyl sites for hydroxylation is 1. The Bertz CT molecular complexity index is 882. The summed E-state index contributed by atoms with van der Waals surface area (Å²) in [5.41, 5.74) is 1.60. The molecule has 0 saturated carbocycles. The molecule has 0 saturated heterocycles. The first-order valence-corrected chi connectivity index (χ1v) is 7.42. The summed E-state index contributed by atoms with van der Waals surface area (Å²) >= 11 is 12.3. The second-order valence-corrected chi connectivity index (χ2v) is 6.10. The molecule has 1 unspecified atom stereocenters. The fourth-order valence-corrected chi connectivity index (χ4v) is 3.48. The number of hydrogen-bond donors (Lipinski definition) is 0. The van der Waals surface area contributed by atoms with Gasteiger partial charge < -0.3 is 13.9 Å². The van der Waals surface area contributed by atoms with Gasteiger partial charge in [-0.25, -0.2) is 4.79 Å². The molecule has 0 spiro atoms. The fraction of sp³-hybridized carbons (Fsp3) is 0.188. The Morgan fingerprint density at radius 3 is 2.86 bits per heavy atom. The fourth-order valence-electron chi connectivity index (χ4n) is 2.92. The van der Waals surface area contributed by atoms with Crippen LogP contribution in [0.15, 0.2) is 39.2 Å². The van der Waals surface area contributed by atoms with Crippen molar-refractivity contribution in [3.8, 4) is 11.5 Å². The van der Waals surface area contributed by atoms with Crippen LogP contribution in [0.2, 0.25) is 10.0 Å². The van der Waals surface area contributed by atoms with Crippen molar-refractivity contribution in [2.24, 2.45) is 0 Å². The number of hydrogen-bond acceptors (Lipinski definition) is 4. The average molecular weight is 337 g/mol. The van der Waals surface area contributed by atoms with Gasteiger partial charge in [-0.3, -0.25) is 0 Å². The molecule has 0 fully saturated rings. The van der Waals surface area contributed by atoms with Gasteiger partial charge in [0, 0.05) is 22.2 Å². The summed E-state index contributed by atoms with van der Waals surface area (Å²) in [6, 6.07) is 5.08. The van der Waals surface area contributed by atoms with Crippen LogP contribution in [0.4, 0.5) is 0 Å². The first-order valence-electron chi connectivity index (χ1n) is 6.66. The summed E-state index contributed by atoms with van der Waals surface area (Å²) in [5.74, 6) is 1.21. The third kappa shape index (κ3) is 1.95. The average Bonchev–Trinajstić information content (AvgIpc) is 2.45. The molecule has 22 heavy (non-hydrogen) atoms. The Kier molecular flexibility index (Phi) is 2.99. The van der Waals surface area contributed by atoms with Crippen molar-refractivity contribution in [2.75, 3.05) is 6.61 Å². The van der Waals surface area contributed by atoms with E-state index in [1.54, 1.807) is 31.4 Å². The van der Waals surface area contributed by atoms with E-state index in [2.05, 4.69) is 0 Å². The lowest BCUT2D eigenvalue weighted by Crippen LogP contribution is -2.27. The molecule has 3 heterocycles. The van der Waals surface area contributed by atoms with Gasteiger partial charge in [-0.05, 0) is 19.1 Å². The zero-order valence-electron chi connectivity index (χ0n) is 11.5. The lowest BCUT2D eigenvalue weighted by molar-refractivity contribution is 0.304. The lowest BCUT2D eigenvalue weighted by atomic mass is 9.83. The molecule has 0 radical (unpaired) electrons. The maximum atomic E-state index is 12.3. The van der Waals surface area contributed by atoms with Crippen molar-refractivity contribution >= 4 is 23.2 Å². The van der Waals surface area contributed by atoms with Crippen LogP contribution >= 0.6 is 23.2 Å². The van der Waals surface area contributed by atoms with E-state index >= 15 is 0 Å². The number of halogens is 2. The van der Waals surface area contributed by atoms with Gasteiger partial charge in [-0.15, -0.1) is 0 Å². The van der Waals surface area contributed by atoms with Gasteiger partial charge in [0.05, 0.1) is 22.8 Å². The minimum atomic E-state index is -0.422. The highest BCUT2D eigenvalue weighted by atomic mass is 35.5. The largest absolute Gasteiger partial charge is 0.487 e. The van der Waals surface area contributed by atoms with E-state index in [0.717, 1.165) is 11.1 Å². The summed E-state index contributed by atoms with van der Waals surface area (Å²) in [4.78, 5) is 12.3. The Balaban J connectivity index is 2.02. The van der Waals surface area contributed by atoms with Crippen LogP contribution in [0, 0.1) is 6.92 Å². The number of fused-ring (bicyclic) bond motifs is 5. The highest BCUT2D eigenvalue weighted by Gasteiger charge is 2.36. The number of rotatable bonds is 0. The minimum absolute atomic E-state index is 0.297. The van der Waals surface area contributed by atoms with Crippen LogP contribution in [0.3, 0.4) is 0 Å². The second-order valence-electron chi connectivity index (χ2n) is 5.26. The minimum Gasteiger partial charge on any atom is -0.487 e. The second kappa shape index (κ2) is 4.80. The first kappa shape index (κ1) is 13.7. The Labute approximate surface area is 135 Å². The smallest absolute Gasteiger partial charge is 0.343 e. The molecule has 0 bridgehead atoms. The van der Waals surface area contributed by atoms with Crippen LogP contribution in [-0.4, -0.2) is 6.61 Å². The standard InChI is InChI=1S/C16H10Cl2O4/c1-7-2-12-14(16(19)22-7)13-8(5-20-12)6-21-15-10(13)3-9(17)4-11(15)18/h2-5,13H,6H2,1H3. The van der Waals surface area contributed by atoms with E-state index in [4.69, 9.17) is 37.1 Å². The van der Waals surface area contributed by atoms with E-state index in [1.165, 1.54) is 0 Å². The molecule has 4 rings (SSSR count). The maximum Gasteiger partial charge on any atom is 0.343 e. The lowest BCUT2D eigenvalue weighted by Gasteiger charge is -2.32. The molecule has 1 aromatic carbocycles. The van der Waals surface area contributed by atoms with Gasteiger partial charge in [-0.2, -0.15) is 0 Å². The van der Waals surface area contributed by atoms with Gasteiger partial charge in [0.2, 0.25) is 0 Å². The van der Waals surface area contributed by atoms with Crippen LogP contribution in [0.5, 0.6) is 11.5 Å². The highest BCUT2D eigenvalue weighted by Crippen LogP contribution is 2.48. The van der Waals surface area contributed by atoms with E-state index in [1.807, 2.05) is 0 Å². The maximum absolute atomic E-state index is 12.3. The Morgan fingerprint density at radius 2 is 2.05 bits per heavy atom. The van der Waals surface area contributed by atoms with Crippen molar-refractivity contribution in [3.63, 3.8) is 0 Å². The van der Waals surface area contributed by atoms with Crippen LogP contribution in [0.1, 0.15) is 22.8 Å². The van der Waals surface area contributed by atoms with Crippen molar-refractivity contribution in [1.29, 1.82) is 0 Å². The summed E-state index contributed by atoms with van der Waals surface area (Å²) in [7, 11) is 0. The molecule has 0 N–H and O–H groups in total. The van der Waals surface area contributed by atoms with E-state index in [-0.39, 0.29) is 5.92 Å². The van der Waals surface area contributed by atoms with Gasteiger partial charge in [0.25, 0.3) is 0 Å². The van der Waals surface area contributed by atoms with Gasteiger partial charge in [-0.1, -0.05) is 23.2 Å². The van der Waals surface area contributed by atoms with E-state index in [9.17, 15) is 4.79 Å².